The highest BCUT2D eigenvalue weighted by Crippen LogP contribution is 2.25. The van der Waals surface area contributed by atoms with Crippen LogP contribution in [0.5, 0.6) is 11.5 Å². The van der Waals surface area contributed by atoms with E-state index in [9.17, 15) is 4.79 Å². The highest BCUT2D eigenvalue weighted by atomic mass is 16.5. The summed E-state index contributed by atoms with van der Waals surface area (Å²) in [6.07, 6.45) is 0.953. The number of nitrogens with zero attached hydrogens (tertiary/aromatic N) is 1. The summed E-state index contributed by atoms with van der Waals surface area (Å²) in [7, 11) is 0. The molecule has 5 heteroatoms. The van der Waals surface area contributed by atoms with E-state index < -0.39 is 0 Å². The molecule has 1 N–H and O–H groups in total. The summed E-state index contributed by atoms with van der Waals surface area (Å²) >= 11 is 0. The molecule has 0 fully saturated rings. The normalized spacial score (nSPS) is 11.9. The van der Waals surface area contributed by atoms with Gasteiger partial charge in [0.25, 0.3) is 5.91 Å². The fourth-order valence-corrected chi connectivity index (χ4v) is 3.42. The van der Waals surface area contributed by atoms with Crippen molar-refractivity contribution in [2.45, 2.75) is 53.2 Å². The Hall–Kier alpha value is -3.18. The number of carbonyl (C=O) groups is 1. The zero-order valence-corrected chi connectivity index (χ0v) is 18.8. The van der Waals surface area contributed by atoms with Gasteiger partial charge in [-0.25, -0.2) is 0 Å². The number of rotatable bonds is 8. The summed E-state index contributed by atoms with van der Waals surface area (Å²) in [5.41, 5.74) is 3.94. The van der Waals surface area contributed by atoms with E-state index in [0.29, 0.717) is 29.1 Å². The van der Waals surface area contributed by atoms with Crippen molar-refractivity contribution in [1.29, 1.82) is 0 Å². The van der Waals surface area contributed by atoms with Crippen molar-refractivity contribution in [1.82, 2.24) is 4.98 Å². The number of carbonyl (C=O) groups excluding carboxylic acids is 1. The summed E-state index contributed by atoms with van der Waals surface area (Å²) in [4.78, 5) is 17.4. The minimum absolute atomic E-state index is 0.0720. The third-order valence-corrected chi connectivity index (χ3v) is 4.71. The monoisotopic (exact) mass is 418 g/mol. The quantitative estimate of drug-likeness (QED) is 0.480. The zero-order chi connectivity index (χ0) is 22.4. The van der Waals surface area contributed by atoms with E-state index in [1.54, 1.807) is 0 Å². The van der Waals surface area contributed by atoms with Crippen LogP contribution < -0.4 is 10.1 Å². The molecule has 1 atom stereocenters. The van der Waals surface area contributed by atoms with Gasteiger partial charge >= 0.3 is 0 Å². The Kier molecular flexibility index (Phi) is 7.42. The molecule has 0 aliphatic carbocycles. The molecule has 0 aliphatic heterocycles. The molecule has 5 nitrogen and oxygen atoms in total. The van der Waals surface area contributed by atoms with Crippen molar-refractivity contribution in [2.24, 2.45) is 0 Å². The largest absolute Gasteiger partial charge is 0.457 e. The minimum atomic E-state index is -0.198. The lowest BCUT2D eigenvalue weighted by Crippen LogP contribution is -2.18. The molecular weight excluding hydrogens is 388 g/mol. The van der Waals surface area contributed by atoms with E-state index in [1.165, 1.54) is 0 Å². The predicted molar refractivity (Wildman–Crippen MR) is 124 cm³/mol. The number of pyridine rings is 1. The van der Waals surface area contributed by atoms with Gasteiger partial charge in [0.2, 0.25) is 0 Å². The molecular formula is C26H30N2O3. The van der Waals surface area contributed by atoms with Crippen molar-refractivity contribution in [3.05, 3.63) is 83.2 Å². The second kappa shape index (κ2) is 10.2. The molecule has 1 amide bonds. The van der Waals surface area contributed by atoms with Crippen molar-refractivity contribution in [3.63, 3.8) is 0 Å². The fourth-order valence-electron chi connectivity index (χ4n) is 3.42. The van der Waals surface area contributed by atoms with Crippen LogP contribution in [0.2, 0.25) is 0 Å². The highest BCUT2D eigenvalue weighted by molar-refractivity contribution is 6.05. The van der Waals surface area contributed by atoms with E-state index in [0.717, 1.165) is 17.0 Å². The van der Waals surface area contributed by atoms with Gasteiger partial charge in [-0.3, -0.25) is 9.78 Å². The number of ether oxygens (including phenoxy) is 2. The number of hydrogen-bond acceptors (Lipinski definition) is 4. The number of amides is 1. The second-order valence-corrected chi connectivity index (χ2v) is 8.04. The van der Waals surface area contributed by atoms with Crippen LogP contribution in [0.3, 0.4) is 0 Å². The topological polar surface area (TPSA) is 60.5 Å². The van der Waals surface area contributed by atoms with Gasteiger partial charge < -0.3 is 14.8 Å². The molecule has 0 spiro atoms. The van der Waals surface area contributed by atoms with Crippen LogP contribution >= 0.6 is 0 Å². The first kappa shape index (κ1) is 22.5. The van der Waals surface area contributed by atoms with Crippen LogP contribution in [0.15, 0.2) is 60.7 Å². The Labute approximate surface area is 184 Å². The Bertz CT molecular complexity index is 1050. The van der Waals surface area contributed by atoms with Gasteiger partial charge in [-0.1, -0.05) is 18.2 Å². The van der Waals surface area contributed by atoms with Gasteiger partial charge in [-0.05, 0) is 76.6 Å². The molecule has 1 unspecified atom stereocenters. The summed E-state index contributed by atoms with van der Waals surface area (Å²) in [6.45, 7) is 9.93. The molecule has 2 aromatic carbocycles. The highest BCUT2D eigenvalue weighted by Gasteiger charge is 2.14. The number of anilines is 1. The van der Waals surface area contributed by atoms with Crippen molar-refractivity contribution >= 4 is 11.6 Å². The van der Waals surface area contributed by atoms with Crippen molar-refractivity contribution in [2.75, 3.05) is 5.32 Å². The lowest BCUT2D eigenvalue weighted by Gasteiger charge is -2.16. The SMILES string of the molecule is Cc1cccc(Oc2cccc(NC(=O)c3ccc(CC(C)OC(C)C)nc3C)c2)c1. The number of aromatic nitrogens is 1. The van der Waals surface area contributed by atoms with Crippen molar-refractivity contribution < 1.29 is 14.3 Å². The van der Waals surface area contributed by atoms with Gasteiger partial charge in [0.05, 0.1) is 23.5 Å². The maximum atomic E-state index is 12.8. The van der Waals surface area contributed by atoms with Crippen LogP contribution in [-0.4, -0.2) is 23.1 Å². The molecule has 3 aromatic rings. The number of benzene rings is 2. The van der Waals surface area contributed by atoms with E-state index >= 15 is 0 Å². The van der Waals surface area contributed by atoms with Gasteiger partial charge in [0.1, 0.15) is 11.5 Å². The van der Waals surface area contributed by atoms with Crippen LogP contribution in [0.4, 0.5) is 5.69 Å². The Balaban J connectivity index is 1.67. The lowest BCUT2D eigenvalue weighted by molar-refractivity contribution is 0.0190. The van der Waals surface area contributed by atoms with E-state index in [4.69, 9.17) is 9.47 Å². The molecule has 0 saturated heterocycles. The lowest BCUT2D eigenvalue weighted by atomic mass is 10.1. The van der Waals surface area contributed by atoms with Crippen molar-refractivity contribution in [3.8, 4) is 11.5 Å². The molecule has 0 aliphatic rings. The maximum Gasteiger partial charge on any atom is 0.257 e. The number of hydrogen-bond donors (Lipinski definition) is 1. The Morgan fingerprint density at radius 1 is 0.968 bits per heavy atom. The standard InChI is InChI=1S/C26H30N2O3/c1-17(2)30-19(4)15-22-12-13-25(20(5)27-22)26(29)28-21-9-7-11-24(16-21)31-23-10-6-8-18(3)14-23/h6-14,16-17,19H,15H2,1-5H3,(H,28,29). The summed E-state index contributed by atoms with van der Waals surface area (Å²) in [6, 6.07) is 18.9. The molecule has 0 saturated carbocycles. The third-order valence-electron chi connectivity index (χ3n) is 4.71. The molecule has 162 valence electrons. The Morgan fingerprint density at radius 2 is 1.68 bits per heavy atom. The van der Waals surface area contributed by atoms with Gasteiger partial charge in [-0.2, -0.15) is 0 Å². The van der Waals surface area contributed by atoms with Gasteiger partial charge in [0.15, 0.2) is 0 Å². The van der Waals surface area contributed by atoms with E-state index in [2.05, 4.69) is 10.3 Å². The molecule has 1 aromatic heterocycles. The molecule has 3 rings (SSSR count). The van der Waals surface area contributed by atoms with Crippen LogP contribution in [-0.2, 0) is 11.2 Å². The first-order chi connectivity index (χ1) is 14.8. The number of aryl methyl sites for hydroxylation is 2. The van der Waals surface area contributed by atoms with Crippen LogP contribution in [0.1, 0.15) is 48.1 Å². The van der Waals surface area contributed by atoms with E-state index in [-0.39, 0.29) is 18.1 Å². The first-order valence-corrected chi connectivity index (χ1v) is 10.6. The maximum absolute atomic E-state index is 12.8. The Morgan fingerprint density at radius 3 is 2.35 bits per heavy atom. The zero-order valence-electron chi connectivity index (χ0n) is 18.8. The summed E-state index contributed by atoms with van der Waals surface area (Å²) in [5, 5.41) is 2.94. The van der Waals surface area contributed by atoms with Gasteiger partial charge in [-0.15, -0.1) is 0 Å². The molecule has 1 heterocycles. The summed E-state index contributed by atoms with van der Waals surface area (Å²) in [5.74, 6) is 1.22. The van der Waals surface area contributed by atoms with Crippen LogP contribution in [0, 0.1) is 13.8 Å². The third kappa shape index (κ3) is 6.66. The average molecular weight is 419 g/mol. The predicted octanol–water partition coefficient (Wildman–Crippen LogP) is 6.10. The van der Waals surface area contributed by atoms with Crippen LogP contribution in [0.25, 0.3) is 0 Å². The minimum Gasteiger partial charge on any atom is -0.457 e. The number of nitrogens with one attached hydrogen (secondary N) is 1. The molecule has 0 radical (unpaired) electrons. The van der Waals surface area contributed by atoms with E-state index in [1.807, 2.05) is 95.3 Å². The molecule has 31 heavy (non-hydrogen) atoms. The smallest absolute Gasteiger partial charge is 0.257 e. The second-order valence-electron chi connectivity index (χ2n) is 8.04. The van der Waals surface area contributed by atoms with Gasteiger partial charge in [0, 0.05) is 23.9 Å². The summed E-state index contributed by atoms with van der Waals surface area (Å²) < 4.78 is 11.7. The molecule has 0 bridgehead atoms. The fraction of sp³-hybridized carbons (Fsp3) is 0.308. The average Bonchev–Trinajstić information content (AvgIpc) is 2.67. The first-order valence-electron chi connectivity index (χ1n) is 10.6.